The fourth-order valence-electron chi connectivity index (χ4n) is 2.90. The molecule has 0 fully saturated rings. The maximum absolute atomic E-state index is 12.8. The summed E-state index contributed by atoms with van der Waals surface area (Å²) in [5.74, 6) is -1.48. The average molecular weight is 386 g/mol. The number of ketones is 1. The van der Waals surface area contributed by atoms with Crippen molar-refractivity contribution >= 4 is 23.4 Å². The Kier molecular flexibility index (Phi) is 6.62. The molecule has 0 spiro atoms. The number of ether oxygens (including phenoxy) is 2. The van der Waals surface area contributed by atoms with Crippen molar-refractivity contribution in [1.29, 1.82) is 0 Å². The second kappa shape index (κ2) is 8.73. The molecule has 7 nitrogen and oxygen atoms in total. The van der Waals surface area contributed by atoms with Gasteiger partial charge in [-0.15, -0.1) is 0 Å². The topological polar surface area (TPSA) is 88.7 Å². The van der Waals surface area contributed by atoms with Crippen molar-refractivity contribution in [2.75, 3.05) is 25.6 Å². The number of nitrogens with zero attached hydrogens (tertiary/aromatic N) is 1. The highest BCUT2D eigenvalue weighted by molar-refractivity contribution is 6.04. The van der Waals surface area contributed by atoms with Crippen LogP contribution in [0.25, 0.3) is 0 Å². The van der Waals surface area contributed by atoms with Crippen LogP contribution in [0.1, 0.15) is 56.3 Å². The summed E-state index contributed by atoms with van der Waals surface area (Å²) >= 11 is 0. The molecular formula is C21H26N2O5. The minimum atomic E-state index is -1.01. The number of aromatic nitrogens is 1. The standard InChI is InChI=1S/C21H26N2O5/c1-7-27-21(26)17-12(2)18(22-13(17)3)19(24)14(4)28-20(25)15-9-8-10-16(11-15)23(5)6/h8-11,14,22H,7H2,1-6H3. The number of anilines is 1. The molecule has 1 aromatic heterocycles. The first-order valence-corrected chi connectivity index (χ1v) is 9.06. The van der Waals surface area contributed by atoms with E-state index < -0.39 is 23.8 Å². The van der Waals surface area contributed by atoms with Crippen LogP contribution < -0.4 is 4.90 Å². The minimum Gasteiger partial charge on any atom is -0.462 e. The lowest BCUT2D eigenvalue weighted by Gasteiger charge is -2.15. The second-order valence-corrected chi connectivity index (χ2v) is 6.70. The SMILES string of the molecule is CCOC(=O)c1c(C)[nH]c(C(=O)C(C)OC(=O)c2cccc(N(C)C)c2)c1C. The fourth-order valence-corrected chi connectivity index (χ4v) is 2.90. The zero-order chi connectivity index (χ0) is 21.0. The molecule has 0 bridgehead atoms. The molecule has 28 heavy (non-hydrogen) atoms. The lowest BCUT2D eigenvalue weighted by Crippen LogP contribution is -2.25. The number of rotatable bonds is 7. The van der Waals surface area contributed by atoms with Crippen molar-refractivity contribution in [3.8, 4) is 0 Å². The highest BCUT2D eigenvalue weighted by Crippen LogP contribution is 2.22. The molecular weight excluding hydrogens is 360 g/mol. The van der Waals surface area contributed by atoms with Gasteiger partial charge in [-0.1, -0.05) is 6.07 Å². The quantitative estimate of drug-likeness (QED) is 0.580. The second-order valence-electron chi connectivity index (χ2n) is 6.70. The lowest BCUT2D eigenvalue weighted by molar-refractivity contribution is 0.0316. The highest BCUT2D eigenvalue weighted by atomic mass is 16.5. The maximum atomic E-state index is 12.8. The van der Waals surface area contributed by atoms with Crippen LogP contribution in [0, 0.1) is 13.8 Å². The van der Waals surface area contributed by atoms with Crippen LogP contribution in [0.2, 0.25) is 0 Å². The van der Waals surface area contributed by atoms with Crippen LogP contribution in [0.15, 0.2) is 24.3 Å². The number of carbonyl (C=O) groups excluding carboxylic acids is 3. The Morgan fingerprint density at radius 3 is 2.43 bits per heavy atom. The van der Waals surface area contributed by atoms with Gasteiger partial charge in [-0.05, 0) is 51.5 Å². The van der Waals surface area contributed by atoms with Crippen LogP contribution in [-0.4, -0.2) is 49.5 Å². The maximum Gasteiger partial charge on any atom is 0.340 e. The van der Waals surface area contributed by atoms with Gasteiger partial charge >= 0.3 is 11.9 Å². The van der Waals surface area contributed by atoms with E-state index >= 15 is 0 Å². The van der Waals surface area contributed by atoms with Crippen molar-refractivity contribution < 1.29 is 23.9 Å². The van der Waals surface area contributed by atoms with Gasteiger partial charge in [0.25, 0.3) is 0 Å². The van der Waals surface area contributed by atoms with E-state index in [9.17, 15) is 14.4 Å². The first-order chi connectivity index (χ1) is 13.2. The van der Waals surface area contributed by atoms with E-state index in [1.807, 2.05) is 25.1 Å². The molecule has 0 aliphatic heterocycles. The van der Waals surface area contributed by atoms with Crippen LogP contribution in [0.4, 0.5) is 5.69 Å². The van der Waals surface area contributed by atoms with E-state index in [1.54, 1.807) is 39.0 Å². The lowest BCUT2D eigenvalue weighted by atomic mass is 10.1. The summed E-state index contributed by atoms with van der Waals surface area (Å²) in [6.45, 7) is 6.83. The molecule has 0 aliphatic carbocycles. The van der Waals surface area contributed by atoms with E-state index in [-0.39, 0.29) is 12.3 Å². The van der Waals surface area contributed by atoms with E-state index in [1.165, 1.54) is 6.92 Å². The minimum absolute atomic E-state index is 0.239. The van der Waals surface area contributed by atoms with Crippen LogP contribution in [0.5, 0.6) is 0 Å². The summed E-state index contributed by atoms with van der Waals surface area (Å²) in [7, 11) is 3.74. The van der Waals surface area contributed by atoms with Gasteiger partial charge in [0.2, 0.25) is 5.78 Å². The number of nitrogens with one attached hydrogen (secondary N) is 1. The number of hydrogen-bond acceptors (Lipinski definition) is 6. The predicted molar refractivity (Wildman–Crippen MR) is 106 cm³/mol. The number of aryl methyl sites for hydroxylation is 1. The molecule has 1 unspecified atom stereocenters. The van der Waals surface area contributed by atoms with E-state index in [0.29, 0.717) is 22.4 Å². The van der Waals surface area contributed by atoms with Crippen molar-refractivity contribution in [3.05, 3.63) is 52.3 Å². The number of H-pyrrole nitrogens is 1. The van der Waals surface area contributed by atoms with Crippen LogP contribution in [-0.2, 0) is 9.47 Å². The average Bonchev–Trinajstić information content (AvgIpc) is 2.95. The van der Waals surface area contributed by atoms with Crippen molar-refractivity contribution in [2.24, 2.45) is 0 Å². The Bertz CT molecular complexity index is 898. The van der Waals surface area contributed by atoms with Crippen molar-refractivity contribution in [1.82, 2.24) is 4.98 Å². The monoisotopic (exact) mass is 386 g/mol. The molecule has 0 amide bonds. The van der Waals surface area contributed by atoms with Gasteiger partial charge in [0, 0.05) is 25.5 Å². The van der Waals surface area contributed by atoms with Gasteiger partial charge in [0.05, 0.1) is 23.4 Å². The van der Waals surface area contributed by atoms with E-state index in [4.69, 9.17) is 9.47 Å². The summed E-state index contributed by atoms with van der Waals surface area (Å²) in [6.07, 6.45) is -1.01. The number of esters is 2. The summed E-state index contributed by atoms with van der Waals surface area (Å²) < 4.78 is 10.4. The largest absolute Gasteiger partial charge is 0.462 e. The zero-order valence-corrected chi connectivity index (χ0v) is 17.1. The Balaban J connectivity index is 2.19. The number of hydrogen-bond donors (Lipinski definition) is 1. The molecule has 1 aromatic carbocycles. The molecule has 7 heteroatoms. The summed E-state index contributed by atoms with van der Waals surface area (Å²) in [5.41, 5.74) is 2.81. The number of Topliss-reactive ketones (excluding diaryl/α,β-unsaturated/α-hetero) is 1. The number of carbonyl (C=O) groups is 3. The Morgan fingerprint density at radius 1 is 1.14 bits per heavy atom. The van der Waals surface area contributed by atoms with E-state index in [2.05, 4.69) is 4.98 Å². The predicted octanol–water partition coefficient (Wildman–Crippen LogP) is 3.30. The van der Waals surface area contributed by atoms with E-state index in [0.717, 1.165) is 5.69 Å². The summed E-state index contributed by atoms with van der Waals surface area (Å²) in [6, 6.07) is 6.95. The molecule has 0 radical (unpaired) electrons. The van der Waals surface area contributed by atoms with Gasteiger partial charge in [-0.3, -0.25) is 4.79 Å². The zero-order valence-electron chi connectivity index (χ0n) is 17.1. The molecule has 0 saturated heterocycles. The first kappa shape index (κ1) is 21.2. The molecule has 1 heterocycles. The van der Waals surface area contributed by atoms with Crippen molar-refractivity contribution in [2.45, 2.75) is 33.8 Å². The molecule has 1 atom stereocenters. The Morgan fingerprint density at radius 2 is 1.82 bits per heavy atom. The third-order valence-corrected chi connectivity index (χ3v) is 4.41. The smallest absolute Gasteiger partial charge is 0.340 e. The third-order valence-electron chi connectivity index (χ3n) is 4.41. The summed E-state index contributed by atoms with van der Waals surface area (Å²) in [5, 5.41) is 0. The molecule has 0 saturated carbocycles. The van der Waals surface area contributed by atoms with Gasteiger partial charge < -0.3 is 19.4 Å². The molecule has 1 N–H and O–H groups in total. The number of benzene rings is 1. The molecule has 0 aliphatic rings. The van der Waals surface area contributed by atoms with Crippen LogP contribution in [0.3, 0.4) is 0 Å². The molecule has 2 aromatic rings. The Labute approximate surface area is 164 Å². The first-order valence-electron chi connectivity index (χ1n) is 9.06. The van der Waals surface area contributed by atoms with Crippen molar-refractivity contribution in [3.63, 3.8) is 0 Å². The van der Waals surface area contributed by atoms with Gasteiger partial charge in [0.1, 0.15) is 0 Å². The van der Waals surface area contributed by atoms with Gasteiger partial charge in [-0.2, -0.15) is 0 Å². The third kappa shape index (κ3) is 4.42. The normalized spacial score (nSPS) is 11.6. The van der Waals surface area contributed by atoms with Crippen LogP contribution >= 0.6 is 0 Å². The number of aromatic amines is 1. The summed E-state index contributed by atoms with van der Waals surface area (Å²) in [4.78, 5) is 42.1. The highest BCUT2D eigenvalue weighted by Gasteiger charge is 2.27. The molecule has 2 rings (SSSR count). The molecule has 150 valence electrons. The van der Waals surface area contributed by atoms with Gasteiger partial charge in [0.15, 0.2) is 6.10 Å². The van der Waals surface area contributed by atoms with Gasteiger partial charge in [-0.25, -0.2) is 9.59 Å². The fraction of sp³-hybridized carbons (Fsp3) is 0.381. The Hall–Kier alpha value is -3.09.